The normalized spacial score (nSPS) is 10.6. The van der Waals surface area contributed by atoms with Gasteiger partial charge in [-0.25, -0.2) is 15.0 Å². The summed E-state index contributed by atoms with van der Waals surface area (Å²) in [4.78, 5) is 13.4. The van der Waals surface area contributed by atoms with Crippen LogP contribution in [0.4, 0.5) is 5.95 Å². The van der Waals surface area contributed by atoms with Gasteiger partial charge in [-0.2, -0.15) is 0 Å². The highest BCUT2D eigenvalue weighted by molar-refractivity contribution is 7.13. The summed E-state index contributed by atoms with van der Waals surface area (Å²) in [6, 6.07) is 12.2. The zero-order valence-electron chi connectivity index (χ0n) is 12.7. The predicted octanol–water partition coefficient (Wildman–Crippen LogP) is 3.87. The molecule has 0 aliphatic carbocycles. The van der Waals surface area contributed by atoms with Gasteiger partial charge in [-0.15, -0.1) is 11.3 Å². The summed E-state index contributed by atoms with van der Waals surface area (Å²) in [6.07, 6.45) is 0.861. The van der Waals surface area contributed by atoms with Crippen molar-refractivity contribution in [3.05, 3.63) is 58.9 Å². The maximum atomic E-state index is 4.68. The van der Waals surface area contributed by atoms with E-state index in [1.165, 1.54) is 5.56 Å². The van der Waals surface area contributed by atoms with Crippen molar-refractivity contribution in [1.29, 1.82) is 0 Å². The Morgan fingerprint density at radius 1 is 1.00 bits per heavy atom. The maximum absolute atomic E-state index is 4.68. The van der Waals surface area contributed by atoms with Crippen LogP contribution in [-0.2, 0) is 6.42 Å². The molecule has 2 heterocycles. The van der Waals surface area contributed by atoms with E-state index >= 15 is 0 Å². The van der Waals surface area contributed by atoms with Crippen LogP contribution >= 0.6 is 11.3 Å². The molecule has 0 radical (unpaired) electrons. The topological polar surface area (TPSA) is 50.7 Å². The number of benzene rings is 1. The van der Waals surface area contributed by atoms with E-state index in [1.807, 2.05) is 38.1 Å². The molecule has 0 bridgehead atoms. The Morgan fingerprint density at radius 3 is 2.45 bits per heavy atom. The van der Waals surface area contributed by atoms with Crippen LogP contribution in [-0.4, -0.2) is 21.5 Å². The minimum atomic E-state index is 0.691. The maximum Gasteiger partial charge on any atom is 0.223 e. The van der Waals surface area contributed by atoms with Gasteiger partial charge in [-0.05, 0) is 19.9 Å². The number of rotatable bonds is 5. The molecule has 0 saturated carbocycles. The molecular weight excluding hydrogens is 292 g/mol. The van der Waals surface area contributed by atoms with Crippen molar-refractivity contribution in [2.75, 3.05) is 11.9 Å². The molecule has 0 atom stereocenters. The van der Waals surface area contributed by atoms with Gasteiger partial charge < -0.3 is 5.32 Å². The van der Waals surface area contributed by atoms with Gasteiger partial charge in [0.05, 0.1) is 5.69 Å². The van der Waals surface area contributed by atoms with Gasteiger partial charge in [-0.1, -0.05) is 30.3 Å². The summed E-state index contributed by atoms with van der Waals surface area (Å²) < 4.78 is 0. The molecule has 3 aromatic rings. The standard InChI is InChI=1S/C17H18N4S/c1-12-10-13(2)20-17(19-12)18-9-8-15-11-22-16(21-15)14-6-4-3-5-7-14/h3-7,10-11H,8-9H2,1-2H3,(H,18,19,20). The van der Waals surface area contributed by atoms with Gasteiger partial charge in [0.25, 0.3) is 0 Å². The lowest BCUT2D eigenvalue weighted by Crippen LogP contribution is -2.09. The predicted molar refractivity (Wildman–Crippen MR) is 91.2 cm³/mol. The monoisotopic (exact) mass is 310 g/mol. The van der Waals surface area contributed by atoms with E-state index in [9.17, 15) is 0 Å². The second kappa shape index (κ2) is 6.66. The highest BCUT2D eigenvalue weighted by atomic mass is 32.1. The molecule has 0 spiro atoms. The van der Waals surface area contributed by atoms with E-state index in [2.05, 4.69) is 37.8 Å². The fraction of sp³-hybridized carbons (Fsp3) is 0.235. The largest absolute Gasteiger partial charge is 0.354 e. The van der Waals surface area contributed by atoms with E-state index in [1.54, 1.807) is 11.3 Å². The number of hydrogen-bond donors (Lipinski definition) is 1. The number of nitrogens with zero attached hydrogens (tertiary/aromatic N) is 3. The number of nitrogens with one attached hydrogen (secondary N) is 1. The second-order valence-corrected chi connectivity index (χ2v) is 6.02. The molecule has 4 nitrogen and oxygen atoms in total. The van der Waals surface area contributed by atoms with Crippen molar-refractivity contribution in [3.8, 4) is 10.6 Å². The van der Waals surface area contributed by atoms with Gasteiger partial charge >= 0.3 is 0 Å². The lowest BCUT2D eigenvalue weighted by atomic mass is 10.2. The molecule has 0 amide bonds. The summed E-state index contributed by atoms with van der Waals surface area (Å²) in [6.45, 7) is 4.74. The minimum absolute atomic E-state index is 0.691. The number of aryl methyl sites for hydroxylation is 2. The summed E-state index contributed by atoms with van der Waals surface area (Å²) in [5, 5.41) is 6.45. The summed E-state index contributed by atoms with van der Waals surface area (Å²) in [5.74, 6) is 0.691. The lowest BCUT2D eigenvalue weighted by Gasteiger charge is -2.05. The van der Waals surface area contributed by atoms with Crippen molar-refractivity contribution in [1.82, 2.24) is 15.0 Å². The molecular formula is C17H18N4S. The van der Waals surface area contributed by atoms with Crippen molar-refractivity contribution in [3.63, 3.8) is 0 Å². The second-order valence-electron chi connectivity index (χ2n) is 5.16. The third kappa shape index (κ3) is 3.68. The molecule has 0 aliphatic heterocycles. The van der Waals surface area contributed by atoms with Gasteiger partial charge in [0.1, 0.15) is 5.01 Å². The van der Waals surface area contributed by atoms with E-state index < -0.39 is 0 Å². The zero-order chi connectivity index (χ0) is 15.4. The quantitative estimate of drug-likeness (QED) is 0.777. The van der Waals surface area contributed by atoms with Crippen LogP contribution in [0.3, 0.4) is 0 Å². The first-order valence-electron chi connectivity index (χ1n) is 7.27. The molecule has 5 heteroatoms. The third-order valence-corrected chi connectivity index (χ3v) is 4.16. The zero-order valence-corrected chi connectivity index (χ0v) is 13.5. The Hall–Kier alpha value is -2.27. The molecule has 22 heavy (non-hydrogen) atoms. The smallest absolute Gasteiger partial charge is 0.223 e. The van der Waals surface area contributed by atoms with Crippen LogP contribution in [0.25, 0.3) is 10.6 Å². The van der Waals surface area contributed by atoms with Gasteiger partial charge in [-0.3, -0.25) is 0 Å². The first-order chi connectivity index (χ1) is 10.7. The Balaban J connectivity index is 1.59. The molecule has 0 fully saturated rings. The first kappa shape index (κ1) is 14.7. The number of anilines is 1. The van der Waals surface area contributed by atoms with Crippen LogP contribution in [0.15, 0.2) is 41.8 Å². The number of thiazole rings is 1. The Kier molecular flexibility index (Phi) is 4.44. The van der Waals surface area contributed by atoms with Crippen molar-refractivity contribution >= 4 is 17.3 Å². The lowest BCUT2D eigenvalue weighted by molar-refractivity contribution is 0.941. The van der Waals surface area contributed by atoms with Crippen molar-refractivity contribution < 1.29 is 0 Å². The fourth-order valence-corrected chi connectivity index (χ4v) is 3.10. The average Bonchev–Trinajstić information content (AvgIpc) is 2.96. The molecule has 0 aliphatic rings. The van der Waals surface area contributed by atoms with Crippen LogP contribution in [0.5, 0.6) is 0 Å². The van der Waals surface area contributed by atoms with E-state index in [4.69, 9.17) is 0 Å². The van der Waals surface area contributed by atoms with Crippen LogP contribution in [0.2, 0.25) is 0 Å². The summed E-state index contributed by atoms with van der Waals surface area (Å²) in [7, 11) is 0. The Bertz CT molecular complexity index is 732. The molecule has 2 aromatic heterocycles. The molecule has 112 valence electrons. The first-order valence-corrected chi connectivity index (χ1v) is 8.14. The molecule has 3 rings (SSSR count). The van der Waals surface area contributed by atoms with Crippen molar-refractivity contribution in [2.45, 2.75) is 20.3 Å². The Morgan fingerprint density at radius 2 is 1.73 bits per heavy atom. The van der Waals surface area contributed by atoms with Gasteiger partial charge in [0, 0.05) is 35.3 Å². The summed E-state index contributed by atoms with van der Waals surface area (Å²) in [5.41, 5.74) is 4.23. The van der Waals surface area contributed by atoms with Crippen LogP contribution in [0, 0.1) is 13.8 Å². The van der Waals surface area contributed by atoms with Crippen LogP contribution in [0.1, 0.15) is 17.1 Å². The fourth-order valence-electron chi connectivity index (χ4n) is 2.24. The molecule has 0 saturated heterocycles. The Labute approximate surface area is 134 Å². The van der Waals surface area contributed by atoms with Gasteiger partial charge in [0.15, 0.2) is 0 Å². The molecule has 1 N–H and O–H groups in total. The highest BCUT2D eigenvalue weighted by Gasteiger charge is 2.05. The minimum Gasteiger partial charge on any atom is -0.354 e. The van der Waals surface area contributed by atoms with E-state index in [-0.39, 0.29) is 0 Å². The highest BCUT2D eigenvalue weighted by Crippen LogP contribution is 2.23. The van der Waals surface area contributed by atoms with E-state index in [0.717, 1.165) is 35.1 Å². The summed E-state index contributed by atoms with van der Waals surface area (Å²) >= 11 is 1.68. The van der Waals surface area contributed by atoms with Crippen molar-refractivity contribution in [2.24, 2.45) is 0 Å². The average molecular weight is 310 g/mol. The molecule has 0 unspecified atom stereocenters. The SMILES string of the molecule is Cc1cc(C)nc(NCCc2csc(-c3ccccc3)n2)n1. The van der Waals surface area contributed by atoms with Crippen LogP contribution < -0.4 is 5.32 Å². The number of hydrogen-bond acceptors (Lipinski definition) is 5. The molecule has 1 aromatic carbocycles. The van der Waals surface area contributed by atoms with E-state index in [0.29, 0.717) is 5.95 Å². The van der Waals surface area contributed by atoms with Gasteiger partial charge in [0.2, 0.25) is 5.95 Å². The number of aromatic nitrogens is 3. The third-order valence-electron chi connectivity index (χ3n) is 3.22.